The molecule has 1 aromatic rings. The molecule has 1 aromatic carbocycles. The maximum atomic E-state index is 13.7. The third-order valence-electron chi connectivity index (χ3n) is 8.64. The van der Waals surface area contributed by atoms with Crippen molar-refractivity contribution in [2.75, 3.05) is 32.1 Å². The van der Waals surface area contributed by atoms with Crippen molar-refractivity contribution in [3.05, 3.63) is 23.8 Å². The Morgan fingerprint density at radius 2 is 1.77 bits per heavy atom. The quantitative estimate of drug-likeness (QED) is 0.473. The SMILES string of the molecule is C[C@H](CO)N1C[C@H](C)[C@@H](CN(C)C(=O)NC2CCCCC2)Oc2ccc(NC(=O)C3CCCCC3)cc2C1=O. The van der Waals surface area contributed by atoms with Crippen molar-refractivity contribution >= 4 is 23.5 Å². The Kier molecular flexibility index (Phi) is 10.1. The Morgan fingerprint density at radius 1 is 1.10 bits per heavy atom. The highest BCUT2D eigenvalue weighted by Gasteiger charge is 2.34. The molecule has 2 saturated carbocycles. The Bertz CT molecular complexity index is 1010. The summed E-state index contributed by atoms with van der Waals surface area (Å²) in [6.07, 6.45) is 10.3. The molecule has 0 aromatic heterocycles. The fraction of sp³-hybridized carbons (Fsp3) is 0.700. The highest BCUT2D eigenvalue weighted by molar-refractivity contribution is 6.00. The van der Waals surface area contributed by atoms with Gasteiger partial charge >= 0.3 is 6.03 Å². The van der Waals surface area contributed by atoms with Crippen LogP contribution in [-0.2, 0) is 4.79 Å². The number of fused-ring (bicyclic) bond motifs is 1. The summed E-state index contributed by atoms with van der Waals surface area (Å²) in [5.74, 6) is 0.0786. The number of hydrogen-bond acceptors (Lipinski definition) is 5. The van der Waals surface area contributed by atoms with Gasteiger partial charge in [-0.3, -0.25) is 9.59 Å². The summed E-state index contributed by atoms with van der Waals surface area (Å²) in [6.45, 7) is 4.39. The van der Waals surface area contributed by atoms with Gasteiger partial charge in [0.25, 0.3) is 5.91 Å². The van der Waals surface area contributed by atoms with Crippen LogP contribution in [0, 0.1) is 11.8 Å². The zero-order valence-electron chi connectivity index (χ0n) is 23.8. The van der Waals surface area contributed by atoms with Crippen LogP contribution < -0.4 is 15.4 Å². The number of anilines is 1. The molecule has 4 amide bonds. The summed E-state index contributed by atoms with van der Waals surface area (Å²) in [6, 6.07) is 4.90. The van der Waals surface area contributed by atoms with E-state index in [-0.39, 0.29) is 54.5 Å². The Morgan fingerprint density at radius 3 is 2.44 bits per heavy atom. The van der Waals surface area contributed by atoms with E-state index in [9.17, 15) is 19.5 Å². The topological polar surface area (TPSA) is 111 Å². The van der Waals surface area contributed by atoms with Gasteiger partial charge in [0.15, 0.2) is 0 Å². The van der Waals surface area contributed by atoms with Crippen LogP contribution in [-0.4, -0.2) is 77.7 Å². The van der Waals surface area contributed by atoms with Gasteiger partial charge < -0.3 is 30.3 Å². The summed E-state index contributed by atoms with van der Waals surface area (Å²) in [5.41, 5.74) is 0.912. The summed E-state index contributed by atoms with van der Waals surface area (Å²) in [7, 11) is 1.77. The van der Waals surface area contributed by atoms with Gasteiger partial charge in [0, 0.05) is 37.2 Å². The predicted octanol–water partition coefficient (Wildman–Crippen LogP) is 4.40. The fourth-order valence-corrected chi connectivity index (χ4v) is 6.01. The van der Waals surface area contributed by atoms with Gasteiger partial charge in [-0.15, -0.1) is 0 Å². The lowest BCUT2D eigenvalue weighted by atomic mass is 9.88. The number of urea groups is 1. The van der Waals surface area contributed by atoms with Crippen molar-refractivity contribution in [3.8, 4) is 5.75 Å². The fourth-order valence-electron chi connectivity index (χ4n) is 6.01. The maximum Gasteiger partial charge on any atom is 0.317 e. The molecule has 3 aliphatic rings. The monoisotopic (exact) mass is 542 g/mol. The minimum absolute atomic E-state index is 0.000792. The van der Waals surface area contributed by atoms with E-state index in [0.29, 0.717) is 30.1 Å². The van der Waals surface area contributed by atoms with E-state index in [0.717, 1.165) is 51.4 Å². The lowest BCUT2D eigenvalue weighted by Crippen LogP contribution is -2.52. The lowest BCUT2D eigenvalue weighted by molar-refractivity contribution is -0.120. The number of nitrogens with one attached hydrogen (secondary N) is 2. The molecule has 1 heterocycles. The predicted molar refractivity (Wildman–Crippen MR) is 151 cm³/mol. The van der Waals surface area contributed by atoms with Crippen molar-refractivity contribution in [1.82, 2.24) is 15.1 Å². The average Bonchev–Trinajstić information content (AvgIpc) is 2.95. The third kappa shape index (κ3) is 7.44. The van der Waals surface area contributed by atoms with Crippen molar-refractivity contribution in [2.45, 2.75) is 96.2 Å². The molecule has 216 valence electrons. The number of benzene rings is 1. The normalized spacial score (nSPS) is 23.6. The largest absolute Gasteiger partial charge is 0.487 e. The number of amides is 4. The van der Waals surface area contributed by atoms with Crippen molar-refractivity contribution in [3.63, 3.8) is 0 Å². The van der Waals surface area contributed by atoms with E-state index < -0.39 is 0 Å². The van der Waals surface area contributed by atoms with Crippen LogP contribution >= 0.6 is 0 Å². The van der Waals surface area contributed by atoms with Crippen LogP contribution in [0.3, 0.4) is 0 Å². The van der Waals surface area contributed by atoms with Crippen molar-refractivity contribution in [1.29, 1.82) is 0 Å². The molecular formula is C30H46N4O5. The van der Waals surface area contributed by atoms with Crippen molar-refractivity contribution < 1.29 is 24.2 Å². The van der Waals surface area contributed by atoms with E-state index >= 15 is 0 Å². The second-order valence-electron chi connectivity index (χ2n) is 11.8. The van der Waals surface area contributed by atoms with E-state index in [2.05, 4.69) is 10.6 Å². The molecule has 4 rings (SSSR count). The lowest BCUT2D eigenvalue weighted by Gasteiger charge is -2.38. The second kappa shape index (κ2) is 13.5. The first-order valence-corrected chi connectivity index (χ1v) is 14.8. The van der Waals surface area contributed by atoms with Crippen LogP contribution in [0.1, 0.15) is 88.4 Å². The number of rotatable bonds is 7. The third-order valence-corrected chi connectivity index (χ3v) is 8.64. The maximum absolute atomic E-state index is 13.7. The van der Waals surface area contributed by atoms with Crippen LogP contribution in [0.15, 0.2) is 18.2 Å². The highest BCUT2D eigenvalue weighted by atomic mass is 16.5. The number of carbonyl (C=O) groups excluding carboxylic acids is 3. The first-order chi connectivity index (χ1) is 18.8. The number of hydrogen-bond donors (Lipinski definition) is 3. The van der Waals surface area contributed by atoms with Crippen LogP contribution in [0.25, 0.3) is 0 Å². The first kappa shape index (κ1) is 29.2. The molecule has 0 spiro atoms. The molecule has 0 unspecified atom stereocenters. The van der Waals surface area contributed by atoms with Gasteiger partial charge in [-0.05, 0) is 50.8 Å². The molecule has 2 fully saturated rings. The molecule has 1 aliphatic heterocycles. The molecule has 9 nitrogen and oxygen atoms in total. The number of carbonyl (C=O) groups is 3. The summed E-state index contributed by atoms with van der Waals surface area (Å²) in [5, 5.41) is 16.1. The van der Waals surface area contributed by atoms with Gasteiger partial charge in [-0.1, -0.05) is 45.4 Å². The van der Waals surface area contributed by atoms with E-state index in [1.165, 1.54) is 12.8 Å². The van der Waals surface area contributed by atoms with E-state index in [4.69, 9.17) is 4.74 Å². The van der Waals surface area contributed by atoms with E-state index in [1.54, 1.807) is 35.0 Å². The minimum atomic E-state index is -0.389. The molecule has 0 radical (unpaired) electrons. The summed E-state index contributed by atoms with van der Waals surface area (Å²) >= 11 is 0. The molecular weight excluding hydrogens is 496 g/mol. The zero-order valence-corrected chi connectivity index (χ0v) is 23.8. The Balaban J connectivity index is 1.53. The molecule has 3 atom stereocenters. The smallest absolute Gasteiger partial charge is 0.317 e. The minimum Gasteiger partial charge on any atom is -0.487 e. The molecule has 0 bridgehead atoms. The first-order valence-electron chi connectivity index (χ1n) is 14.8. The number of aliphatic hydroxyl groups is 1. The van der Waals surface area contributed by atoms with Crippen LogP contribution in [0.4, 0.5) is 10.5 Å². The average molecular weight is 543 g/mol. The second-order valence-corrected chi connectivity index (χ2v) is 11.8. The van der Waals surface area contributed by atoms with Crippen LogP contribution in [0.5, 0.6) is 5.75 Å². The van der Waals surface area contributed by atoms with E-state index in [1.807, 2.05) is 13.8 Å². The van der Waals surface area contributed by atoms with Gasteiger partial charge in [0.1, 0.15) is 11.9 Å². The number of nitrogens with zero attached hydrogens (tertiary/aromatic N) is 2. The van der Waals surface area contributed by atoms with Crippen molar-refractivity contribution in [2.24, 2.45) is 11.8 Å². The molecule has 0 saturated heterocycles. The molecule has 9 heteroatoms. The summed E-state index contributed by atoms with van der Waals surface area (Å²) in [4.78, 5) is 42.8. The van der Waals surface area contributed by atoms with Gasteiger partial charge in [0.05, 0.1) is 24.8 Å². The van der Waals surface area contributed by atoms with Gasteiger partial charge in [0.2, 0.25) is 5.91 Å². The Labute approximate surface area is 232 Å². The van der Waals surface area contributed by atoms with Crippen LogP contribution in [0.2, 0.25) is 0 Å². The molecule has 2 aliphatic carbocycles. The summed E-state index contributed by atoms with van der Waals surface area (Å²) < 4.78 is 6.42. The number of likely N-dealkylation sites (N-methyl/N-ethyl adjacent to an activating group) is 1. The van der Waals surface area contributed by atoms with Gasteiger partial charge in [-0.25, -0.2) is 4.79 Å². The number of aliphatic hydroxyl groups excluding tert-OH is 1. The Hall–Kier alpha value is -2.81. The highest BCUT2D eigenvalue weighted by Crippen LogP contribution is 2.32. The molecule has 39 heavy (non-hydrogen) atoms. The molecule has 3 N–H and O–H groups in total. The zero-order chi connectivity index (χ0) is 27.9. The van der Waals surface area contributed by atoms with Gasteiger partial charge in [-0.2, -0.15) is 0 Å². The number of ether oxygens (including phenoxy) is 1. The standard InChI is InChI=1S/C30H46N4O5/c1-20-17-34(21(2)19-35)29(37)25-16-24(31-28(36)22-10-6-4-7-11-22)14-15-26(25)39-27(20)18-33(3)30(38)32-23-12-8-5-9-13-23/h14-16,20-23,27,35H,4-13,17-19H2,1-3H3,(H,31,36)(H,32,38)/t20-,21+,27+/m0/s1.